The van der Waals surface area contributed by atoms with Crippen LogP contribution in [0.25, 0.3) is 0 Å². The largest absolute Gasteiger partial charge is 0.493 e. The fourth-order valence-electron chi connectivity index (χ4n) is 3.25. The Morgan fingerprint density at radius 2 is 2.00 bits per heavy atom. The summed E-state index contributed by atoms with van der Waals surface area (Å²) in [6.07, 6.45) is -0.698. The zero-order valence-corrected chi connectivity index (χ0v) is 18.5. The van der Waals surface area contributed by atoms with Crippen molar-refractivity contribution in [2.24, 2.45) is 0 Å². The van der Waals surface area contributed by atoms with Gasteiger partial charge in [-0.15, -0.1) is 0 Å². The predicted molar refractivity (Wildman–Crippen MR) is 108 cm³/mol. The number of rotatable bonds is 8. The third-order valence-corrected chi connectivity index (χ3v) is 6.69. The molecule has 0 aliphatic carbocycles. The van der Waals surface area contributed by atoms with Crippen molar-refractivity contribution < 1.29 is 32.2 Å². The molecule has 0 radical (unpaired) electrons. The number of halogens is 1. The molecule has 0 bridgehead atoms. The highest BCUT2D eigenvalue weighted by molar-refractivity contribution is 7.91. The summed E-state index contributed by atoms with van der Waals surface area (Å²) >= 11 is 6.18. The molecule has 1 aliphatic rings. The standard InChI is InChI=1S/C19H26ClNO7S/c1-5-21(14-7-8-29(24,25)11-14)18(22)12(3)28-19(23)13-9-15(20)17(27-6-2)16(10-13)26-4/h9-10,12,14H,5-8,11H2,1-4H3. The van der Waals surface area contributed by atoms with E-state index in [9.17, 15) is 18.0 Å². The number of likely N-dealkylation sites (N-methyl/N-ethyl adjacent to an activating group) is 1. The average Bonchev–Trinajstić information content (AvgIpc) is 3.02. The van der Waals surface area contributed by atoms with Crippen molar-refractivity contribution >= 4 is 33.3 Å². The minimum Gasteiger partial charge on any atom is -0.493 e. The van der Waals surface area contributed by atoms with Gasteiger partial charge in [-0.05, 0) is 39.3 Å². The Labute approximate surface area is 176 Å². The lowest BCUT2D eigenvalue weighted by atomic mass is 10.2. The van der Waals surface area contributed by atoms with Crippen LogP contribution in [0.3, 0.4) is 0 Å². The number of hydrogen-bond acceptors (Lipinski definition) is 7. The molecule has 2 rings (SSSR count). The van der Waals surface area contributed by atoms with Crippen molar-refractivity contribution in [2.45, 2.75) is 39.3 Å². The minimum absolute atomic E-state index is 0.0556. The van der Waals surface area contributed by atoms with Gasteiger partial charge in [-0.25, -0.2) is 13.2 Å². The highest BCUT2D eigenvalue weighted by Gasteiger charge is 2.36. The molecule has 1 aromatic rings. The molecular formula is C19H26ClNO7S. The lowest BCUT2D eigenvalue weighted by Crippen LogP contribution is -2.46. The van der Waals surface area contributed by atoms with Crippen LogP contribution in [0.2, 0.25) is 5.02 Å². The Morgan fingerprint density at radius 1 is 1.31 bits per heavy atom. The number of ether oxygens (including phenoxy) is 3. The number of methoxy groups -OCH3 is 1. The van der Waals surface area contributed by atoms with E-state index in [1.807, 2.05) is 0 Å². The van der Waals surface area contributed by atoms with Gasteiger partial charge in [0.2, 0.25) is 0 Å². The van der Waals surface area contributed by atoms with Gasteiger partial charge in [-0.2, -0.15) is 0 Å². The summed E-state index contributed by atoms with van der Waals surface area (Å²) in [6, 6.07) is 2.41. The number of carbonyl (C=O) groups excluding carboxylic acids is 2. The Balaban J connectivity index is 2.13. The molecular weight excluding hydrogens is 422 g/mol. The molecule has 1 heterocycles. The van der Waals surface area contributed by atoms with E-state index in [2.05, 4.69) is 0 Å². The fraction of sp³-hybridized carbons (Fsp3) is 0.579. The van der Waals surface area contributed by atoms with Crippen LogP contribution in [0.5, 0.6) is 11.5 Å². The fourth-order valence-corrected chi connectivity index (χ4v) is 5.25. The van der Waals surface area contributed by atoms with Crippen molar-refractivity contribution in [3.8, 4) is 11.5 Å². The number of benzene rings is 1. The molecule has 8 nitrogen and oxygen atoms in total. The van der Waals surface area contributed by atoms with E-state index in [-0.39, 0.29) is 27.8 Å². The number of esters is 1. The first kappa shape index (κ1) is 23.3. The number of carbonyl (C=O) groups is 2. The molecule has 1 aromatic carbocycles. The second-order valence-corrected chi connectivity index (χ2v) is 9.29. The SMILES string of the molecule is CCOc1c(Cl)cc(C(=O)OC(C)C(=O)N(CC)C2CCS(=O)(=O)C2)cc1OC. The van der Waals surface area contributed by atoms with Crippen LogP contribution in [0.15, 0.2) is 12.1 Å². The Bertz CT molecular complexity index is 872. The van der Waals surface area contributed by atoms with Crippen LogP contribution in [0.4, 0.5) is 0 Å². The van der Waals surface area contributed by atoms with Crippen molar-refractivity contribution in [3.63, 3.8) is 0 Å². The average molecular weight is 448 g/mol. The van der Waals surface area contributed by atoms with Gasteiger partial charge in [-0.3, -0.25) is 4.79 Å². The summed E-state index contributed by atoms with van der Waals surface area (Å²) in [5, 5.41) is 0.184. The summed E-state index contributed by atoms with van der Waals surface area (Å²) in [7, 11) is -1.72. The summed E-state index contributed by atoms with van der Waals surface area (Å²) in [6.45, 7) is 5.70. The van der Waals surface area contributed by atoms with Crippen LogP contribution >= 0.6 is 11.6 Å². The molecule has 10 heteroatoms. The summed E-state index contributed by atoms with van der Waals surface area (Å²) in [5.41, 5.74) is 0.112. The highest BCUT2D eigenvalue weighted by Crippen LogP contribution is 2.36. The van der Waals surface area contributed by atoms with Crippen molar-refractivity contribution in [3.05, 3.63) is 22.7 Å². The minimum atomic E-state index is -3.14. The van der Waals surface area contributed by atoms with Crippen molar-refractivity contribution in [1.29, 1.82) is 0 Å². The van der Waals surface area contributed by atoms with Gasteiger partial charge in [0.05, 0.1) is 35.8 Å². The lowest BCUT2D eigenvalue weighted by Gasteiger charge is -2.29. The molecule has 1 saturated heterocycles. The molecule has 0 spiro atoms. The van der Waals surface area contributed by atoms with E-state index >= 15 is 0 Å². The lowest BCUT2D eigenvalue weighted by molar-refractivity contribution is -0.141. The molecule has 162 valence electrons. The zero-order chi connectivity index (χ0) is 21.8. The first-order chi connectivity index (χ1) is 13.6. The topological polar surface area (TPSA) is 99.2 Å². The van der Waals surface area contributed by atoms with Gasteiger partial charge < -0.3 is 19.1 Å². The maximum atomic E-state index is 12.8. The molecule has 0 N–H and O–H groups in total. The number of sulfone groups is 1. The third kappa shape index (κ3) is 5.54. The first-order valence-corrected chi connectivity index (χ1v) is 11.6. The van der Waals surface area contributed by atoms with Gasteiger partial charge in [0.1, 0.15) is 0 Å². The van der Waals surface area contributed by atoms with Gasteiger partial charge in [-0.1, -0.05) is 11.6 Å². The summed E-state index contributed by atoms with van der Waals surface area (Å²) < 4.78 is 39.4. The highest BCUT2D eigenvalue weighted by atomic mass is 35.5. The number of nitrogens with zero attached hydrogens (tertiary/aromatic N) is 1. The molecule has 0 saturated carbocycles. The third-order valence-electron chi connectivity index (χ3n) is 4.66. The van der Waals surface area contributed by atoms with Gasteiger partial charge in [0.25, 0.3) is 5.91 Å². The molecule has 1 amide bonds. The van der Waals surface area contributed by atoms with E-state index in [1.54, 1.807) is 13.8 Å². The van der Waals surface area contributed by atoms with Crippen LogP contribution in [-0.4, -0.2) is 69.1 Å². The van der Waals surface area contributed by atoms with Crippen LogP contribution in [0, 0.1) is 0 Å². The van der Waals surface area contributed by atoms with Crippen molar-refractivity contribution in [2.75, 3.05) is 31.8 Å². The Morgan fingerprint density at radius 3 is 2.52 bits per heavy atom. The van der Waals surface area contributed by atoms with Gasteiger partial charge >= 0.3 is 5.97 Å². The summed E-state index contributed by atoms with van der Waals surface area (Å²) in [5.74, 6) is -0.608. The van der Waals surface area contributed by atoms with Crippen LogP contribution in [0.1, 0.15) is 37.6 Å². The quantitative estimate of drug-likeness (QED) is 0.564. The summed E-state index contributed by atoms with van der Waals surface area (Å²) in [4.78, 5) is 26.7. The monoisotopic (exact) mass is 447 g/mol. The van der Waals surface area contributed by atoms with Crippen LogP contribution in [-0.2, 0) is 19.4 Å². The first-order valence-electron chi connectivity index (χ1n) is 9.35. The number of amides is 1. The normalized spacial score (nSPS) is 18.7. The van der Waals surface area contributed by atoms with Gasteiger partial charge in [0.15, 0.2) is 27.4 Å². The van der Waals surface area contributed by atoms with Crippen LogP contribution < -0.4 is 9.47 Å². The maximum Gasteiger partial charge on any atom is 0.339 e. The Hall–Kier alpha value is -2.00. The molecule has 0 aromatic heterocycles. The number of hydrogen-bond donors (Lipinski definition) is 0. The second-order valence-electron chi connectivity index (χ2n) is 6.65. The van der Waals surface area contributed by atoms with Gasteiger partial charge in [0, 0.05) is 12.6 Å². The smallest absolute Gasteiger partial charge is 0.339 e. The second kappa shape index (κ2) is 9.67. The van der Waals surface area contributed by atoms with E-state index < -0.39 is 33.9 Å². The predicted octanol–water partition coefficient (Wildman–Crippen LogP) is 2.33. The van der Waals surface area contributed by atoms with E-state index in [4.69, 9.17) is 25.8 Å². The van der Waals surface area contributed by atoms with E-state index in [0.29, 0.717) is 25.3 Å². The molecule has 1 fully saturated rings. The molecule has 1 aliphatic heterocycles. The Kier molecular flexibility index (Phi) is 7.76. The van der Waals surface area contributed by atoms with Crippen molar-refractivity contribution in [1.82, 2.24) is 4.90 Å². The molecule has 29 heavy (non-hydrogen) atoms. The maximum absolute atomic E-state index is 12.8. The molecule has 2 atom stereocenters. The zero-order valence-electron chi connectivity index (χ0n) is 16.9. The molecule has 2 unspecified atom stereocenters. The van der Waals surface area contributed by atoms with E-state index in [1.165, 1.54) is 31.1 Å². The van der Waals surface area contributed by atoms with E-state index in [0.717, 1.165) is 0 Å².